The van der Waals surface area contributed by atoms with Crippen molar-refractivity contribution in [3.05, 3.63) is 29.8 Å². The van der Waals surface area contributed by atoms with Gasteiger partial charge in [0.15, 0.2) is 0 Å². The molecule has 3 nitrogen and oxygen atoms in total. The highest BCUT2D eigenvalue weighted by molar-refractivity contribution is 5.27. The summed E-state index contributed by atoms with van der Waals surface area (Å²) in [5.41, 5.74) is 0.844. The van der Waals surface area contributed by atoms with Gasteiger partial charge in [0, 0.05) is 19.6 Å². The first-order valence-corrected chi connectivity index (χ1v) is 6.81. The largest absolute Gasteiger partial charge is 0.494 e. The summed E-state index contributed by atoms with van der Waals surface area (Å²) in [5, 5.41) is 10.1. The lowest BCUT2D eigenvalue weighted by atomic mass is 9.89. The summed E-state index contributed by atoms with van der Waals surface area (Å²) in [5.74, 6) is 0.923. The minimum Gasteiger partial charge on any atom is -0.494 e. The molecule has 1 saturated heterocycles. The van der Waals surface area contributed by atoms with Gasteiger partial charge in [-0.2, -0.15) is 0 Å². The third-order valence-electron chi connectivity index (χ3n) is 3.39. The van der Waals surface area contributed by atoms with Crippen molar-refractivity contribution >= 4 is 0 Å². The topological polar surface area (TPSA) is 32.7 Å². The molecule has 0 saturated carbocycles. The van der Waals surface area contributed by atoms with E-state index in [0.717, 1.165) is 38.2 Å². The summed E-state index contributed by atoms with van der Waals surface area (Å²) in [4.78, 5) is 2.28. The molecule has 100 valence electrons. The second-order valence-electron chi connectivity index (χ2n) is 5.20. The second kappa shape index (κ2) is 5.72. The van der Waals surface area contributed by atoms with Crippen LogP contribution in [0, 0.1) is 0 Å². The molecule has 1 N–H and O–H groups in total. The Balaban J connectivity index is 1.81. The minimum absolute atomic E-state index is 0.431. The number of ether oxygens (including phenoxy) is 1. The van der Waals surface area contributed by atoms with Gasteiger partial charge in [-0.15, -0.1) is 0 Å². The molecule has 1 aromatic carbocycles. The van der Waals surface area contributed by atoms with Gasteiger partial charge in [0.25, 0.3) is 0 Å². The van der Waals surface area contributed by atoms with Gasteiger partial charge in [0.05, 0.1) is 12.2 Å². The summed E-state index contributed by atoms with van der Waals surface area (Å²) >= 11 is 0. The number of rotatable bonds is 6. The Bertz CT molecular complexity index is 369. The van der Waals surface area contributed by atoms with E-state index >= 15 is 0 Å². The fraction of sp³-hybridized carbons (Fsp3) is 0.600. The highest BCUT2D eigenvalue weighted by atomic mass is 16.5. The molecule has 0 bridgehead atoms. The average molecular weight is 249 g/mol. The van der Waals surface area contributed by atoms with Crippen molar-refractivity contribution in [3.8, 4) is 5.75 Å². The number of β-amino-alcohol motifs (C(OH)–C–C–N with tert-alkyl or cyclic N) is 1. The van der Waals surface area contributed by atoms with Gasteiger partial charge < -0.3 is 9.84 Å². The van der Waals surface area contributed by atoms with Crippen molar-refractivity contribution in [1.29, 1.82) is 0 Å². The van der Waals surface area contributed by atoms with E-state index in [2.05, 4.69) is 24.0 Å². The van der Waals surface area contributed by atoms with Crippen LogP contribution in [0.15, 0.2) is 24.3 Å². The lowest BCUT2D eigenvalue weighted by molar-refractivity contribution is -0.106. The summed E-state index contributed by atoms with van der Waals surface area (Å²) in [7, 11) is 0. The van der Waals surface area contributed by atoms with Crippen molar-refractivity contribution < 1.29 is 9.84 Å². The summed E-state index contributed by atoms with van der Waals surface area (Å²) in [6.45, 7) is 7.33. The van der Waals surface area contributed by atoms with E-state index in [1.165, 1.54) is 5.56 Å². The van der Waals surface area contributed by atoms with Crippen LogP contribution < -0.4 is 4.74 Å². The Morgan fingerprint density at radius 2 is 1.89 bits per heavy atom. The number of hydrogen-bond acceptors (Lipinski definition) is 3. The Morgan fingerprint density at radius 1 is 1.22 bits per heavy atom. The first-order valence-electron chi connectivity index (χ1n) is 6.81. The van der Waals surface area contributed by atoms with Crippen LogP contribution in [0.3, 0.4) is 0 Å². The van der Waals surface area contributed by atoms with Gasteiger partial charge in [-0.3, -0.25) is 4.90 Å². The summed E-state index contributed by atoms with van der Waals surface area (Å²) in [6.07, 6.45) is 1.96. The van der Waals surface area contributed by atoms with E-state index < -0.39 is 5.60 Å². The van der Waals surface area contributed by atoms with E-state index in [4.69, 9.17) is 4.74 Å². The average Bonchev–Trinajstić information content (AvgIpc) is 2.30. The van der Waals surface area contributed by atoms with Crippen molar-refractivity contribution in [2.45, 2.75) is 38.8 Å². The standard InChI is InChI=1S/C15H23NO2/c1-3-9-15(17)11-16(12-15)10-13-5-7-14(8-6-13)18-4-2/h5-8,17H,3-4,9-12H2,1-2H3. The van der Waals surface area contributed by atoms with E-state index in [1.54, 1.807) is 0 Å². The molecule has 18 heavy (non-hydrogen) atoms. The zero-order valence-electron chi connectivity index (χ0n) is 11.4. The fourth-order valence-corrected chi connectivity index (χ4v) is 2.64. The SMILES string of the molecule is CCCC1(O)CN(Cc2ccc(OCC)cc2)C1. The number of nitrogens with zero attached hydrogens (tertiary/aromatic N) is 1. The third kappa shape index (κ3) is 3.24. The number of hydrogen-bond donors (Lipinski definition) is 1. The maximum absolute atomic E-state index is 10.1. The van der Waals surface area contributed by atoms with Crippen LogP contribution in [0.2, 0.25) is 0 Å². The molecule has 1 fully saturated rings. The molecule has 3 heteroatoms. The molecule has 1 heterocycles. The summed E-state index contributed by atoms with van der Waals surface area (Å²) < 4.78 is 5.42. The van der Waals surface area contributed by atoms with Crippen LogP contribution in [0.5, 0.6) is 5.75 Å². The highest BCUT2D eigenvalue weighted by Crippen LogP contribution is 2.27. The molecular weight excluding hydrogens is 226 g/mol. The maximum Gasteiger partial charge on any atom is 0.119 e. The monoisotopic (exact) mass is 249 g/mol. The highest BCUT2D eigenvalue weighted by Gasteiger charge is 2.39. The quantitative estimate of drug-likeness (QED) is 0.840. The zero-order chi connectivity index (χ0) is 13.0. The van der Waals surface area contributed by atoms with Gasteiger partial charge in [-0.1, -0.05) is 25.5 Å². The van der Waals surface area contributed by atoms with Crippen molar-refractivity contribution in [2.75, 3.05) is 19.7 Å². The first-order chi connectivity index (χ1) is 8.65. The molecule has 0 radical (unpaired) electrons. The van der Waals surface area contributed by atoms with Gasteiger partial charge in [0.2, 0.25) is 0 Å². The Kier molecular flexibility index (Phi) is 4.25. The fourth-order valence-electron chi connectivity index (χ4n) is 2.64. The van der Waals surface area contributed by atoms with Gasteiger partial charge in [-0.25, -0.2) is 0 Å². The third-order valence-corrected chi connectivity index (χ3v) is 3.39. The summed E-state index contributed by atoms with van der Waals surface area (Å²) in [6, 6.07) is 8.22. The number of aliphatic hydroxyl groups is 1. The van der Waals surface area contributed by atoms with Crippen LogP contribution in [0.4, 0.5) is 0 Å². The predicted octanol–water partition coefficient (Wildman–Crippen LogP) is 2.43. The lowest BCUT2D eigenvalue weighted by Gasteiger charge is -2.46. The second-order valence-corrected chi connectivity index (χ2v) is 5.20. The minimum atomic E-state index is -0.431. The lowest BCUT2D eigenvalue weighted by Crippen LogP contribution is -2.60. The molecule has 1 aliphatic heterocycles. The normalized spacial score (nSPS) is 18.4. The molecule has 0 aromatic heterocycles. The van der Waals surface area contributed by atoms with Crippen LogP contribution >= 0.6 is 0 Å². The van der Waals surface area contributed by atoms with Crippen molar-refractivity contribution in [1.82, 2.24) is 4.90 Å². The predicted molar refractivity (Wildman–Crippen MR) is 72.7 cm³/mol. The Labute approximate surface area is 109 Å². The Morgan fingerprint density at radius 3 is 2.44 bits per heavy atom. The molecule has 1 aliphatic rings. The van der Waals surface area contributed by atoms with Gasteiger partial charge >= 0.3 is 0 Å². The van der Waals surface area contributed by atoms with Gasteiger partial charge in [0.1, 0.15) is 5.75 Å². The molecule has 0 atom stereocenters. The van der Waals surface area contributed by atoms with Crippen molar-refractivity contribution in [2.24, 2.45) is 0 Å². The number of likely N-dealkylation sites (tertiary alicyclic amines) is 1. The van der Waals surface area contributed by atoms with E-state index in [-0.39, 0.29) is 0 Å². The number of benzene rings is 1. The molecule has 0 spiro atoms. The van der Waals surface area contributed by atoms with E-state index in [9.17, 15) is 5.11 Å². The zero-order valence-corrected chi connectivity index (χ0v) is 11.4. The molecule has 1 aromatic rings. The molecule has 0 amide bonds. The van der Waals surface area contributed by atoms with Crippen LogP contribution in [-0.2, 0) is 6.54 Å². The smallest absolute Gasteiger partial charge is 0.119 e. The Hall–Kier alpha value is -1.06. The van der Waals surface area contributed by atoms with E-state index in [0.29, 0.717) is 6.61 Å². The molecule has 0 aliphatic carbocycles. The van der Waals surface area contributed by atoms with Gasteiger partial charge in [-0.05, 0) is 31.0 Å². The molecule has 0 unspecified atom stereocenters. The van der Waals surface area contributed by atoms with Crippen LogP contribution in [-0.4, -0.2) is 35.3 Å². The molecular formula is C15H23NO2. The first kappa shape index (κ1) is 13.4. The van der Waals surface area contributed by atoms with Crippen molar-refractivity contribution in [3.63, 3.8) is 0 Å². The maximum atomic E-state index is 10.1. The molecule has 2 rings (SSSR count). The van der Waals surface area contributed by atoms with Crippen LogP contribution in [0.1, 0.15) is 32.3 Å². The van der Waals surface area contributed by atoms with E-state index in [1.807, 2.05) is 19.1 Å². The van der Waals surface area contributed by atoms with Crippen LogP contribution in [0.25, 0.3) is 0 Å².